The minimum Gasteiger partial charge on any atom is -0.462 e. The average molecular weight is 1050 g/mol. The van der Waals surface area contributed by atoms with Crippen molar-refractivity contribution in [2.75, 3.05) is 13.2 Å². The number of allylic oxidation sites excluding steroid dienone is 12. The third-order valence-electron chi connectivity index (χ3n) is 14.2. The molecule has 0 aliphatic heterocycles. The smallest absolute Gasteiger partial charge is 0.306 e. The van der Waals surface area contributed by atoms with E-state index in [0.29, 0.717) is 19.3 Å². The summed E-state index contributed by atoms with van der Waals surface area (Å²) in [5, 5.41) is 0. The molecule has 0 aliphatic rings. The molecule has 0 saturated carbocycles. The van der Waals surface area contributed by atoms with Crippen molar-refractivity contribution in [1.82, 2.24) is 0 Å². The molecule has 0 heterocycles. The summed E-state index contributed by atoms with van der Waals surface area (Å²) in [6, 6.07) is 0. The van der Waals surface area contributed by atoms with Crippen molar-refractivity contribution in [3.63, 3.8) is 0 Å². The summed E-state index contributed by atoms with van der Waals surface area (Å²) in [7, 11) is 0. The largest absolute Gasteiger partial charge is 0.462 e. The summed E-state index contributed by atoms with van der Waals surface area (Å²) >= 11 is 0. The maximum atomic E-state index is 12.9. The Bertz CT molecular complexity index is 1390. The van der Waals surface area contributed by atoms with Gasteiger partial charge >= 0.3 is 17.9 Å². The zero-order valence-corrected chi connectivity index (χ0v) is 49.8. The summed E-state index contributed by atoms with van der Waals surface area (Å²) in [6.07, 6.45) is 81.9. The molecule has 1 atom stereocenters. The van der Waals surface area contributed by atoms with Gasteiger partial charge in [0.05, 0.1) is 0 Å². The van der Waals surface area contributed by atoms with Gasteiger partial charge in [0.1, 0.15) is 13.2 Å². The lowest BCUT2D eigenvalue weighted by Gasteiger charge is -2.18. The van der Waals surface area contributed by atoms with Crippen molar-refractivity contribution in [2.45, 2.75) is 335 Å². The highest BCUT2D eigenvalue weighted by atomic mass is 16.6. The fourth-order valence-electron chi connectivity index (χ4n) is 9.35. The van der Waals surface area contributed by atoms with Crippen LogP contribution in [0.15, 0.2) is 72.9 Å². The maximum Gasteiger partial charge on any atom is 0.306 e. The summed E-state index contributed by atoms with van der Waals surface area (Å²) in [5.41, 5.74) is 0. The summed E-state index contributed by atoms with van der Waals surface area (Å²) in [6.45, 7) is 6.54. The van der Waals surface area contributed by atoms with E-state index in [2.05, 4.69) is 93.7 Å². The summed E-state index contributed by atoms with van der Waals surface area (Å²) < 4.78 is 16.9. The van der Waals surface area contributed by atoms with Gasteiger partial charge in [0, 0.05) is 19.3 Å². The van der Waals surface area contributed by atoms with Crippen LogP contribution in [0.4, 0.5) is 0 Å². The molecule has 0 saturated heterocycles. The molecule has 0 amide bonds. The molecule has 0 spiro atoms. The highest BCUT2D eigenvalue weighted by molar-refractivity contribution is 5.71. The van der Waals surface area contributed by atoms with E-state index in [0.717, 1.165) is 89.9 Å². The molecule has 0 aromatic carbocycles. The van der Waals surface area contributed by atoms with Crippen LogP contribution in [0.2, 0.25) is 0 Å². The molecule has 6 heteroatoms. The van der Waals surface area contributed by atoms with Gasteiger partial charge in [0.15, 0.2) is 6.10 Å². The molecule has 0 rings (SSSR count). The third-order valence-corrected chi connectivity index (χ3v) is 14.2. The molecule has 434 valence electrons. The van der Waals surface area contributed by atoms with Crippen LogP contribution in [0.3, 0.4) is 0 Å². The van der Waals surface area contributed by atoms with Crippen molar-refractivity contribution in [2.24, 2.45) is 0 Å². The number of ether oxygens (including phenoxy) is 3. The van der Waals surface area contributed by atoms with Crippen LogP contribution in [0.25, 0.3) is 0 Å². The van der Waals surface area contributed by atoms with Gasteiger partial charge in [0.25, 0.3) is 0 Å². The van der Waals surface area contributed by atoms with Crippen molar-refractivity contribution in [3.05, 3.63) is 72.9 Å². The molecule has 6 nitrogen and oxygen atoms in total. The quantitative estimate of drug-likeness (QED) is 0.0261. The first-order valence-corrected chi connectivity index (χ1v) is 32.4. The fraction of sp³-hybridized carbons (Fsp3) is 0.783. The molecule has 0 aliphatic carbocycles. The van der Waals surface area contributed by atoms with Crippen LogP contribution < -0.4 is 0 Å². The molecule has 1 unspecified atom stereocenters. The molecule has 0 aromatic rings. The lowest BCUT2D eigenvalue weighted by Crippen LogP contribution is -2.30. The Morgan fingerprint density at radius 3 is 0.813 bits per heavy atom. The van der Waals surface area contributed by atoms with E-state index in [1.807, 2.05) is 0 Å². The van der Waals surface area contributed by atoms with E-state index in [4.69, 9.17) is 14.2 Å². The maximum absolute atomic E-state index is 12.9. The van der Waals surface area contributed by atoms with E-state index < -0.39 is 6.10 Å². The minimum atomic E-state index is -0.777. The topological polar surface area (TPSA) is 78.9 Å². The molecule has 0 aromatic heterocycles. The van der Waals surface area contributed by atoms with Crippen LogP contribution in [0.1, 0.15) is 329 Å². The zero-order chi connectivity index (χ0) is 54.3. The minimum absolute atomic E-state index is 0.0739. The predicted octanol–water partition coefficient (Wildman–Crippen LogP) is 22.1. The Hall–Kier alpha value is -3.15. The molecule has 75 heavy (non-hydrogen) atoms. The number of hydrogen-bond acceptors (Lipinski definition) is 6. The van der Waals surface area contributed by atoms with Gasteiger partial charge in [-0.05, 0) is 89.9 Å². The normalized spacial score (nSPS) is 12.5. The SMILES string of the molecule is CC/C=C\C/C=C\C/C=C\C/C=C\CCCCCCCCCCCCCCC(=O)OCC(COC(=O)CCCCCCCCCCCCC)OC(=O)CCCCCCCCCCC/C=C\C/C=C\CCCCCCC. The monoisotopic (exact) mass is 1050 g/mol. The molecule has 0 bridgehead atoms. The van der Waals surface area contributed by atoms with E-state index in [9.17, 15) is 14.4 Å². The lowest BCUT2D eigenvalue weighted by molar-refractivity contribution is -0.167. The number of hydrogen-bond donors (Lipinski definition) is 0. The Morgan fingerprint density at radius 1 is 0.280 bits per heavy atom. The Balaban J connectivity index is 4.26. The van der Waals surface area contributed by atoms with Gasteiger partial charge in [-0.3, -0.25) is 14.4 Å². The number of esters is 3. The lowest BCUT2D eigenvalue weighted by atomic mass is 10.0. The van der Waals surface area contributed by atoms with Gasteiger partial charge in [-0.2, -0.15) is 0 Å². The standard InChI is InChI=1S/C69H122O6/c1-4-7-10-13-16-19-22-24-26-28-30-32-33-34-35-37-38-40-42-44-47-50-53-56-59-62-68(71)74-65-66(64-73-67(70)61-58-55-52-49-46-21-18-15-12-9-6-3)75-69(72)63-60-57-54-51-48-45-43-41-39-36-31-29-27-25-23-20-17-14-11-8-5-2/h7,10,16,19,23-26,29-32,66H,4-6,8-9,11-15,17-18,20-22,27-28,33-65H2,1-3H3/b10-7-,19-16-,25-23-,26-24-,31-29-,32-30-. The first-order chi connectivity index (χ1) is 37.0. The second kappa shape index (κ2) is 63.4. The van der Waals surface area contributed by atoms with Crippen LogP contribution >= 0.6 is 0 Å². The number of rotatable bonds is 59. The fourth-order valence-corrected chi connectivity index (χ4v) is 9.35. The average Bonchev–Trinajstić information content (AvgIpc) is 3.41. The van der Waals surface area contributed by atoms with Crippen LogP contribution in [0, 0.1) is 0 Å². The van der Waals surface area contributed by atoms with Crippen LogP contribution in [-0.4, -0.2) is 37.2 Å². The first kappa shape index (κ1) is 71.8. The number of unbranched alkanes of at least 4 members (excludes halogenated alkanes) is 36. The summed E-state index contributed by atoms with van der Waals surface area (Å²) in [5.74, 6) is -0.865. The van der Waals surface area contributed by atoms with E-state index >= 15 is 0 Å². The molecular formula is C69H122O6. The number of carbonyl (C=O) groups excluding carboxylic acids is 3. The molecule has 0 N–H and O–H groups in total. The van der Waals surface area contributed by atoms with E-state index in [-0.39, 0.29) is 31.1 Å². The predicted molar refractivity (Wildman–Crippen MR) is 325 cm³/mol. The van der Waals surface area contributed by atoms with Crippen LogP contribution in [0.5, 0.6) is 0 Å². The van der Waals surface area contributed by atoms with Crippen molar-refractivity contribution in [1.29, 1.82) is 0 Å². The van der Waals surface area contributed by atoms with Gasteiger partial charge in [-0.15, -0.1) is 0 Å². The van der Waals surface area contributed by atoms with Crippen molar-refractivity contribution >= 4 is 17.9 Å². The summed E-state index contributed by atoms with van der Waals surface area (Å²) in [4.78, 5) is 38.3. The molecule has 0 radical (unpaired) electrons. The zero-order valence-electron chi connectivity index (χ0n) is 49.8. The van der Waals surface area contributed by atoms with Gasteiger partial charge in [-0.25, -0.2) is 0 Å². The van der Waals surface area contributed by atoms with Crippen molar-refractivity contribution in [3.8, 4) is 0 Å². The van der Waals surface area contributed by atoms with Gasteiger partial charge < -0.3 is 14.2 Å². The van der Waals surface area contributed by atoms with Gasteiger partial charge in [0.2, 0.25) is 0 Å². The second-order valence-corrected chi connectivity index (χ2v) is 21.6. The third kappa shape index (κ3) is 61.6. The molecular weight excluding hydrogens is 925 g/mol. The first-order valence-electron chi connectivity index (χ1n) is 32.4. The highest BCUT2D eigenvalue weighted by Crippen LogP contribution is 2.17. The van der Waals surface area contributed by atoms with Crippen LogP contribution in [-0.2, 0) is 28.6 Å². The van der Waals surface area contributed by atoms with Crippen molar-refractivity contribution < 1.29 is 28.6 Å². The second-order valence-electron chi connectivity index (χ2n) is 21.6. The van der Waals surface area contributed by atoms with E-state index in [1.165, 1.54) is 199 Å². The van der Waals surface area contributed by atoms with E-state index in [1.54, 1.807) is 0 Å². The molecule has 0 fully saturated rings. The Labute approximate surface area is 465 Å². The number of carbonyl (C=O) groups is 3. The Kier molecular flexibility index (Phi) is 60.7. The highest BCUT2D eigenvalue weighted by Gasteiger charge is 2.19. The van der Waals surface area contributed by atoms with Gasteiger partial charge in [-0.1, -0.05) is 293 Å². The Morgan fingerprint density at radius 2 is 0.520 bits per heavy atom.